The van der Waals surface area contributed by atoms with Crippen molar-refractivity contribution in [2.45, 2.75) is 18.4 Å². The van der Waals surface area contributed by atoms with E-state index in [-0.39, 0.29) is 5.78 Å². The Morgan fingerprint density at radius 1 is 1.04 bits per heavy atom. The van der Waals surface area contributed by atoms with Crippen molar-refractivity contribution in [1.29, 1.82) is 0 Å². The molecule has 2 rings (SSSR count). The van der Waals surface area contributed by atoms with Gasteiger partial charge in [0.2, 0.25) is 0 Å². The summed E-state index contributed by atoms with van der Waals surface area (Å²) < 4.78 is 22.9. The maximum atomic E-state index is 12.5. The van der Waals surface area contributed by atoms with Gasteiger partial charge < -0.3 is 9.47 Å². The fourth-order valence-corrected chi connectivity index (χ4v) is 3.51. The third kappa shape index (κ3) is 4.66. The number of carbonyl (C=O) groups excluding carboxylic acids is 1. The van der Waals surface area contributed by atoms with Gasteiger partial charge in [0.15, 0.2) is 5.78 Å². The van der Waals surface area contributed by atoms with Crippen LogP contribution < -0.4 is 9.47 Å². The van der Waals surface area contributed by atoms with Gasteiger partial charge in [-0.15, -0.1) is 0 Å². The predicted molar refractivity (Wildman–Crippen MR) is 91.5 cm³/mol. The number of Topliss-reactive ketones (excluding diaryl/α,β-unsaturated/α-hetero) is 1. The predicted octanol–water partition coefficient (Wildman–Crippen LogP) is 3.36. The summed E-state index contributed by atoms with van der Waals surface area (Å²) in [5, 5.41) is 0. The normalized spacial score (nSPS) is 11.8. The van der Waals surface area contributed by atoms with Crippen LogP contribution in [0.5, 0.6) is 11.5 Å². The molecule has 1 unspecified atom stereocenters. The molecule has 0 radical (unpaired) electrons. The van der Waals surface area contributed by atoms with Crippen molar-refractivity contribution in [2.75, 3.05) is 14.2 Å². The number of methoxy groups -OCH3 is 2. The Morgan fingerprint density at radius 2 is 1.83 bits per heavy atom. The molecule has 0 amide bonds. The van der Waals surface area contributed by atoms with Crippen LogP contribution in [0.4, 0.5) is 0 Å². The van der Waals surface area contributed by atoms with Crippen LogP contribution in [0.15, 0.2) is 42.5 Å². The minimum Gasteiger partial charge on any atom is -0.497 e. The van der Waals surface area contributed by atoms with Crippen LogP contribution >= 0.6 is 0 Å². The van der Waals surface area contributed by atoms with Crippen LogP contribution in [0, 0.1) is 0 Å². The van der Waals surface area contributed by atoms with E-state index in [1.165, 1.54) is 6.92 Å². The number of hydrogen-bond donors (Lipinski definition) is 0. The average Bonchev–Trinajstić information content (AvgIpc) is 2.54. The number of ether oxygens (including phenoxy) is 2. The van der Waals surface area contributed by atoms with Crippen LogP contribution in [0.3, 0.4) is 0 Å². The molecule has 0 fully saturated rings. The highest BCUT2D eigenvalue weighted by atomic mass is 32.2. The second-order valence-corrected chi connectivity index (χ2v) is 6.62. The van der Waals surface area contributed by atoms with Gasteiger partial charge in [-0.3, -0.25) is 9.00 Å². The average molecular weight is 332 g/mol. The molecule has 2 aromatic carbocycles. The summed E-state index contributed by atoms with van der Waals surface area (Å²) in [6, 6.07) is 12.7. The van der Waals surface area contributed by atoms with E-state index in [0.717, 1.165) is 16.9 Å². The van der Waals surface area contributed by atoms with E-state index in [9.17, 15) is 9.00 Å². The number of benzene rings is 2. The van der Waals surface area contributed by atoms with E-state index < -0.39 is 10.8 Å². The lowest BCUT2D eigenvalue weighted by Gasteiger charge is -2.10. The first-order valence-electron chi connectivity index (χ1n) is 7.19. The molecule has 2 aromatic rings. The lowest BCUT2D eigenvalue weighted by atomic mass is 10.1. The van der Waals surface area contributed by atoms with Gasteiger partial charge in [-0.2, -0.15) is 0 Å². The molecule has 0 N–H and O–H groups in total. The lowest BCUT2D eigenvalue weighted by molar-refractivity contribution is 0.101. The van der Waals surface area contributed by atoms with Gasteiger partial charge in [0.05, 0.1) is 20.0 Å². The van der Waals surface area contributed by atoms with Crippen LogP contribution in [0.1, 0.15) is 28.4 Å². The highest BCUT2D eigenvalue weighted by Gasteiger charge is 2.11. The van der Waals surface area contributed by atoms with Gasteiger partial charge in [0, 0.05) is 27.7 Å². The van der Waals surface area contributed by atoms with Crippen molar-refractivity contribution >= 4 is 16.6 Å². The third-order valence-corrected chi connectivity index (χ3v) is 4.75. The summed E-state index contributed by atoms with van der Waals surface area (Å²) in [4.78, 5) is 11.5. The minimum atomic E-state index is -1.11. The molecule has 5 heteroatoms. The molecule has 1 atom stereocenters. The smallest absolute Gasteiger partial charge is 0.159 e. The molecule has 0 heterocycles. The molecule has 0 saturated heterocycles. The molecule has 0 aliphatic heterocycles. The van der Waals surface area contributed by atoms with Crippen molar-refractivity contribution in [2.24, 2.45) is 0 Å². The van der Waals surface area contributed by atoms with Crippen LogP contribution in [-0.4, -0.2) is 24.2 Å². The Kier molecular flexibility index (Phi) is 5.93. The number of ketones is 1. The van der Waals surface area contributed by atoms with Crippen LogP contribution in [-0.2, 0) is 22.3 Å². The summed E-state index contributed by atoms with van der Waals surface area (Å²) in [6.07, 6.45) is 0. The third-order valence-electron chi connectivity index (χ3n) is 3.47. The molecular weight excluding hydrogens is 312 g/mol. The zero-order valence-electron chi connectivity index (χ0n) is 13.5. The molecule has 4 nitrogen and oxygen atoms in total. The second-order valence-electron chi connectivity index (χ2n) is 5.16. The zero-order chi connectivity index (χ0) is 16.8. The quantitative estimate of drug-likeness (QED) is 0.730. The minimum absolute atomic E-state index is 0.0209. The highest BCUT2D eigenvalue weighted by Crippen LogP contribution is 2.23. The van der Waals surface area contributed by atoms with E-state index in [0.29, 0.717) is 22.8 Å². The summed E-state index contributed by atoms with van der Waals surface area (Å²) >= 11 is 0. The molecule has 0 spiro atoms. The lowest BCUT2D eigenvalue weighted by Crippen LogP contribution is -2.03. The van der Waals surface area contributed by atoms with Crippen molar-refractivity contribution < 1.29 is 18.5 Å². The first-order valence-corrected chi connectivity index (χ1v) is 8.68. The van der Waals surface area contributed by atoms with Crippen molar-refractivity contribution in [3.8, 4) is 11.5 Å². The van der Waals surface area contributed by atoms with Crippen molar-refractivity contribution in [3.05, 3.63) is 59.2 Å². The van der Waals surface area contributed by atoms with Crippen LogP contribution in [0.2, 0.25) is 0 Å². The van der Waals surface area contributed by atoms with Crippen molar-refractivity contribution in [1.82, 2.24) is 0 Å². The van der Waals surface area contributed by atoms with Crippen LogP contribution in [0.25, 0.3) is 0 Å². The van der Waals surface area contributed by atoms with E-state index in [1.807, 2.05) is 24.3 Å². The first-order chi connectivity index (χ1) is 11.0. The Bertz CT molecular complexity index is 725. The topological polar surface area (TPSA) is 52.6 Å². The fourth-order valence-electron chi connectivity index (χ4n) is 2.28. The monoisotopic (exact) mass is 332 g/mol. The molecule has 0 aliphatic rings. The van der Waals surface area contributed by atoms with E-state index in [4.69, 9.17) is 9.47 Å². The highest BCUT2D eigenvalue weighted by molar-refractivity contribution is 7.83. The Hall–Kier alpha value is -2.14. The Morgan fingerprint density at radius 3 is 2.48 bits per heavy atom. The maximum Gasteiger partial charge on any atom is 0.159 e. The van der Waals surface area contributed by atoms with Gasteiger partial charge in [-0.1, -0.05) is 12.1 Å². The van der Waals surface area contributed by atoms with E-state index in [2.05, 4.69) is 0 Å². The first kappa shape index (κ1) is 17.2. The number of rotatable bonds is 7. The molecule has 23 heavy (non-hydrogen) atoms. The molecular formula is C18H20O4S. The van der Waals surface area contributed by atoms with Crippen molar-refractivity contribution in [3.63, 3.8) is 0 Å². The van der Waals surface area contributed by atoms with Gasteiger partial charge >= 0.3 is 0 Å². The molecule has 0 aromatic heterocycles. The van der Waals surface area contributed by atoms with E-state index in [1.54, 1.807) is 32.4 Å². The zero-order valence-corrected chi connectivity index (χ0v) is 14.3. The van der Waals surface area contributed by atoms with Gasteiger partial charge in [0.25, 0.3) is 0 Å². The summed E-state index contributed by atoms with van der Waals surface area (Å²) in [5.41, 5.74) is 2.32. The number of carbonyl (C=O) groups is 1. The standard InChI is InChI=1S/C18H20O4S/c1-13(19)15-7-8-18(22-3)16(10-15)12-23(20)11-14-5-4-6-17(9-14)21-2/h4-10H,11-12H2,1-3H3. The largest absolute Gasteiger partial charge is 0.497 e. The van der Waals surface area contributed by atoms with Gasteiger partial charge in [-0.25, -0.2) is 0 Å². The summed E-state index contributed by atoms with van der Waals surface area (Å²) in [6.45, 7) is 1.51. The number of hydrogen-bond acceptors (Lipinski definition) is 4. The summed E-state index contributed by atoms with van der Waals surface area (Å²) in [7, 11) is 2.06. The molecule has 0 aliphatic carbocycles. The Balaban J connectivity index is 2.15. The SMILES string of the molecule is COc1cccc(CS(=O)Cc2cc(C(C)=O)ccc2OC)c1. The molecule has 0 bridgehead atoms. The molecule has 0 saturated carbocycles. The Labute approximate surface area is 138 Å². The maximum absolute atomic E-state index is 12.5. The molecule has 122 valence electrons. The van der Waals surface area contributed by atoms with Gasteiger partial charge in [-0.05, 0) is 42.8 Å². The summed E-state index contributed by atoms with van der Waals surface area (Å²) in [5.74, 6) is 2.13. The fraction of sp³-hybridized carbons (Fsp3) is 0.278. The van der Waals surface area contributed by atoms with E-state index >= 15 is 0 Å². The second kappa shape index (κ2) is 7.92. The van der Waals surface area contributed by atoms with Gasteiger partial charge in [0.1, 0.15) is 11.5 Å².